The maximum absolute atomic E-state index is 5.75. The number of unbranched alkanes of at least 4 members (excludes halogenated alkanes) is 1. The number of aliphatic imine (C=N–C) groups is 1. The number of benzene rings is 2. The molecular formula is C17H20N2O. The highest BCUT2D eigenvalue weighted by Gasteiger charge is 2.08. The highest BCUT2D eigenvalue weighted by molar-refractivity contribution is 6.02. The number of nitrogens with zero attached hydrogens (tertiary/aromatic N) is 1. The minimum atomic E-state index is 0.792. The molecule has 0 unspecified atom stereocenters. The summed E-state index contributed by atoms with van der Waals surface area (Å²) in [6.45, 7) is 4.78. The fourth-order valence-electron chi connectivity index (χ4n) is 2.39. The Morgan fingerprint density at radius 2 is 2.00 bits per heavy atom. The summed E-state index contributed by atoms with van der Waals surface area (Å²) in [6, 6.07) is 12.7. The van der Waals surface area contributed by atoms with Crippen molar-refractivity contribution in [2.24, 2.45) is 4.99 Å². The molecule has 20 heavy (non-hydrogen) atoms. The van der Waals surface area contributed by atoms with E-state index >= 15 is 0 Å². The Labute approximate surface area is 119 Å². The van der Waals surface area contributed by atoms with Gasteiger partial charge in [0.05, 0.1) is 13.2 Å². The number of ether oxygens (including phenoxy) is 1. The predicted molar refractivity (Wildman–Crippen MR) is 83.8 cm³/mol. The maximum atomic E-state index is 5.75. The van der Waals surface area contributed by atoms with Gasteiger partial charge in [-0.3, -0.25) is 4.99 Å². The fourth-order valence-corrected chi connectivity index (χ4v) is 2.39. The average Bonchev–Trinajstić information content (AvgIpc) is 3.01. The standard InChI is InChI=1S/C17H20N2O/c1-2-3-10-20-16-7-6-13-11-15(5-4-14(13)12-16)17-18-8-9-19-17/h4-7,11-12H,2-3,8-10H2,1H3,(H,18,19). The SMILES string of the molecule is CCCCOc1ccc2cc(C3=NCCN3)ccc2c1. The molecule has 0 radical (unpaired) electrons. The zero-order chi connectivity index (χ0) is 13.8. The molecule has 0 aromatic heterocycles. The maximum Gasteiger partial charge on any atom is 0.128 e. The van der Waals surface area contributed by atoms with Crippen molar-refractivity contribution in [2.45, 2.75) is 19.8 Å². The molecule has 1 aliphatic rings. The molecule has 1 aliphatic heterocycles. The first-order chi connectivity index (χ1) is 9.86. The Bertz CT molecular complexity index is 634. The van der Waals surface area contributed by atoms with E-state index in [1.54, 1.807) is 0 Å². The molecule has 0 fully saturated rings. The number of hydrogen-bond donors (Lipinski definition) is 1. The lowest BCUT2D eigenvalue weighted by Crippen LogP contribution is -2.19. The van der Waals surface area contributed by atoms with Gasteiger partial charge in [-0.1, -0.05) is 31.5 Å². The number of amidine groups is 1. The molecule has 2 aromatic rings. The van der Waals surface area contributed by atoms with E-state index in [9.17, 15) is 0 Å². The topological polar surface area (TPSA) is 33.6 Å². The van der Waals surface area contributed by atoms with Gasteiger partial charge in [-0.05, 0) is 35.4 Å². The van der Waals surface area contributed by atoms with Crippen LogP contribution in [0.4, 0.5) is 0 Å². The largest absolute Gasteiger partial charge is 0.494 e. The normalized spacial score (nSPS) is 14.2. The number of rotatable bonds is 5. The third kappa shape index (κ3) is 2.77. The summed E-state index contributed by atoms with van der Waals surface area (Å²) in [7, 11) is 0. The molecule has 1 heterocycles. The van der Waals surface area contributed by atoms with Crippen LogP contribution in [0.1, 0.15) is 25.3 Å². The molecular weight excluding hydrogens is 248 g/mol. The fraction of sp³-hybridized carbons (Fsp3) is 0.353. The van der Waals surface area contributed by atoms with E-state index in [1.807, 2.05) is 6.07 Å². The van der Waals surface area contributed by atoms with Gasteiger partial charge in [0.15, 0.2) is 0 Å². The summed E-state index contributed by atoms with van der Waals surface area (Å²) >= 11 is 0. The second kappa shape index (κ2) is 5.95. The molecule has 0 aliphatic carbocycles. The highest BCUT2D eigenvalue weighted by atomic mass is 16.5. The zero-order valence-electron chi connectivity index (χ0n) is 11.9. The summed E-state index contributed by atoms with van der Waals surface area (Å²) in [5, 5.41) is 5.74. The van der Waals surface area contributed by atoms with Crippen LogP contribution in [0.5, 0.6) is 5.75 Å². The molecule has 0 amide bonds. The van der Waals surface area contributed by atoms with E-state index in [-0.39, 0.29) is 0 Å². The third-order valence-corrected chi connectivity index (χ3v) is 3.53. The minimum absolute atomic E-state index is 0.792. The van der Waals surface area contributed by atoms with Crippen LogP contribution in [0.2, 0.25) is 0 Å². The Balaban J connectivity index is 1.83. The highest BCUT2D eigenvalue weighted by Crippen LogP contribution is 2.22. The van der Waals surface area contributed by atoms with E-state index in [0.29, 0.717) is 0 Å². The van der Waals surface area contributed by atoms with Gasteiger partial charge in [-0.2, -0.15) is 0 Å². The molecule has 3 nitrogen and oxygen atoms in total. The molecule has 0 saturated carbocycles. The molecule has 0 atom stereocenters. The molecule has 1 N–H and O–H groups in total. The van der Waals surface area contributed by atoms with Crippen LogP contribution in [0.25, 0.3) is 10.8 Å². The van der Waals surface area contributed by atoms with Crippen molar-refractivity contribution in [3.8, 4) is 5.75 Å². The molecule has 3 heteroatoms. The van der Waals surface area contributed by atoms with Crippen molar-refractivity contribution in [2.75, 3.05) is 19.7 Å². The number of fused-ring (bicyclic) bond motifs is 1. The average molecular weight is 268 g/mol. The van der Waals surface area contributed by atoms with Crippen LogP contribution >= 0.6 is 0 Å². The first-order valence-corrected chi connectivity index (χ1v) is 7.32. The van der Waals surface area contributed by atoms with Gasteiger partial charge in [0.25, 0.3) is 0 Å². The molecule has 0 saturated heterocycles. The van der Waals surface area contributed by atoms with Crippen molar-refractivity contribution >= 4 is 16.6 Å². The number of hydrogen-bond acceptors (Lipinski definition) is 3. The van der Waals surface area contributed by atoms with Gasteiger partial charge in [-0.25, -0.2) is 0 Å². The second-order valence-corrected chi connectivity index (χ2v) is 5.08. The van der Waals surface area contributed by atoms with E-state index in [2.05, 4.69) is 47.6 Å². The van der Waals surface area contributed by atoms with Crippen LogP contribution in [-0.4, -0.2) is 25.5 Å². The van der Waals surface area contributed by atoms with Crippen LogP contribution in [0.3, 0.4) is 0 Å². The second-order valence-electron chi connectivity index (χ2n) is 5.08. The lowest BCUT2D eigenvalue weighted by atomic mass is 10.1. The lowest BCUT2D eigenvalue weighted by Gasteiger charge is -2.08. The molecule has 2 aromatic carbocycles. The Morgan fingerprint density at radius 3 is 2.80 bits per heavy atom. The summed E-state index contributed by atoms with van der Waals surface area (Å²) < 4.78 is 5.75. The smallest absolute Gasteiger partial charge is 0.128 e. The summed E-state index contributed by atoms with van der Waals surface area (Å²) in [6.07, 6.45) is 2.26. The quantitative estimate of drug-likeness (QED) is 0.843. The summed E-state index contributed by atoms with van der Waals surface area (Å²) in [5.41, 5.74) is 1.16. The Morgan fingerprint density at radius 1 is 1.15 bits per heavy atom. The van der Waals surface area contributed by atoms with E-state index in [1.165, 1.54) is 10.8 Å². The van der Waals surface area contributed by atoms with Gasteiger partial charge in [-0.15, -0.1) is 0 Å². The van der Waals surface area contributed by atoms with Crippen molar-refractivity contribution in [3.63, 3.8) is 0 Å². The van der Waals surface area contributed by atoms with E-state index in [0.717, 1.165) is 49.7 Å². The van der Waals surface area contributed by atoms with Gasteiger partial charge < -0.3 is 10.1 Å². The predicted octanol–water partition coefficient (Wildman–Crippen LogP) is 3.37. The first-order valence-electron chi connectivity index (χ1n) is 7.32. The Kier molecular flexibility index (Phi) is 3.86. The van der Waals surface area contributed by atoms with Crippen LogP contribution in [0.15, 0.2) is 41.4 Å². The Hall–Kier alpha value is -2.03. The van der Waals surface area contributed by atoms with Gasteiger partial charge >= 0.3 is 0 Å². The van der Waals surface area contributed by atoms with Crippen molar-refractivity contribution < 1.29 is 4.74 Å². The van der Waals surface area contributed by atoms with Crippen LogP contribution in [-0.2, 0) is 0 Å². The zero-order valence-corrected chi connectivity index (χ0v) is 11.9. The lowest BCUT2D eigenvalue weighted by molar-refractivity contribution is 0.310. The van der Waals surface area contributed by atoms with Crippen molar-refractivity contribution in [3.05, 3.63) is 42.0 Å². The van der Waals surface area contributed by atoms with Gasteiger partial charge in [0, 0.05) is 12.1 Å². The summed E-state index contributed by atoms with van der Waals surface area (Å²) in [4.78, 5) is 4.46. The minimum Gasteiger partial charge on any atom is -0.494 e. The van der Waals surface area contributed by atoms with Crippen molar-refractivity contribution in [1.82, 2.24) is 5.32 Å². The molecule has 3 rings (SSSR count). The molecule has 0 bridgehead atoms. The molecule has 104 valence electrons. The summed E-state index contributed by atoms with van der Waals surface area (Å²) in [5.74, 6) is 1.96. The van der Waals surface area contributed by atoms with E-state index in [4.69, 9.17) is 4.74 Å². The van der Waals surface area contributed by atoms with Crippen molar-refractivity contribution in [1.29, 1.82) is 0 Å². The van der Waals surface area contributed by atoms with Crippen LogP contribution in [0, 0.1) is 0 Å². The molecule has 0 spiro atoms. The van der Waals surface area contributed by atoms with Crippen LogP contribution < -0.4 is 10.1 Å². The number of nitrogens with one attached hydrogen (secondary N) is 1. The monoisotopic (exact) mass is 268 g/mol. The third-order valence-electron chi connectivity index (χ3n) is 3.53. The van der Waals surface area contributed by atoms with E-state index < -0.39 is 0 Å². The first kappa shape index (κ1) is 13.0. The van der Waals surface area contributed by atoms with Gasteiger partial charge in [0.1, 0.15) is 11.6 Å². The van der Waals surface area contributed by atoms with Gasteiger partial charge in [0.2, 0.25) is 0 Å².